The molecule has 0 radical (unpaired) electrons. The van der Waals surface area contributed by atoms with Gasteiger partial charge in [-0.2, -0.15) is 4.98 Å². The number of aryl methyl sites for hydroxylation is 1. The minimum absolute atomic E-state index is 0.00381. The minimum Gasteiger partial charge on any atom is -0.493 e. The summed E-state index contributed by atoms with van der Waals surface area (Å²) in [5.74, 6) is 1.17. The number of fused-ring (bicyclic) bond motifs is 1. The molecule has 2 aromatic heterocycles. The Balaban J connectivity index is 1.49. The number of pyridine rings is 1. The summed E-state index contributed by atoms with van der Waals surface area (Å²) >= 11 is 19.0. The molecule has 2 aromatic carbocycles. The van der Waals surface area contributed by atoms with Gasteiger partial charge in [-0.1, -0.05) is 59.3 Å². The first-order valence-electron chi connectivity index (χ1n) is 12.3. The van der Waals surface area contributed by atoms with Crippen molar-refractivity contribution in [3.05, 3.63) is 96.7 Å². The fourth-order valence-electron chi connectivity index (χ4n) is 4.26. The molecule has 5 rings (SSSR count). The van der Waals surface area contributed by atoms with E-state index in [4.69, 9.17) is 49.6 Å². The van der Waals surface area contributed by atoms with Crippen molar-refractivity contribution >= 4 is 69.1 Å². The molecule has 1 saturated heterocycles. The topological polar surface area (TPSA) is 82.4 Å². The van der Waals surface area contributed by atoms with Crippen LogP contribution in [-0.2, 0) is 11.2 Å². The Morgan fingerprint density at radius 1 is 1.02 bits per heavy atom. The first-order chi connectivity index (χ1) is 19.7. The smallest absolute Gasteiger partial charge is 0.269 e. The number of ether oxygens (including phenoxy) is 3. The van der Waals surface area contributed by atoms with E-state index in [9.17, 15) is 9.59 Å². The van der Waals surface area contributed by atoms with E-state index in [0.717, 1.165) is 22.9 Å². The number of hydrogen-bond acceptors (Lipinski definition) is 8. The molecule has 0 N–H and O–H groups in total. The average molecular weight is 629 g/mol. The summed E-state index contributed by atoms with van der Waals surface area (Å²) in [6.45, 7) is 2.18. The van der Waals surface area contributed by atoms with Crippen LogP contribution in [0.5, 0.6) is 23.1 Å². The number of nitrogens with zero attached hydrogens (tertiary/aromatic N) is 3. The van der Waals surface area contributed by atoms with Crippen molar-refractivity contribution < 1.29 is 19.0 Å². The zero-order valence-corrected chi connectivity index (χ0v) is 25.3. The van der Waals surface area contributed by atoms with Crippen LogP contribution in [0, 0.1) is 6.92 Å². The van der Waals surface area contributed by atoms with Gasteiger partial charge in [0.15, 0.2) is 11.5 Å². The Morgan fingerprint density at radius 2 is 1.78 bits per heavy atom. The molecule has 1 aliphatic heterocycles. The maximum absolute atomic E-state index is 13.7. The second kappa shape index (κ2) is 12.1. The summed E-state index contributed by atoms with van der Waals surface area (Å²) in [5.41, 5.74) is 1.80. The van der Waals surface area contributed by atoms with Gasteiger partial charge >= 0.3 is 0 Å². The van der Waals surface area contributed by atoms with Gasteiger partial charge in [-0.15, -0.1) is 0 Å². The Labute approximate surface area is 255 Å². The molecule has 12 heteroatoms. The van der Waals surface area contributed by atoms with Crippen LogP contribution in [0.4, 0.5) is 0 Å². The number of rotatable bonds is 8. The maximum atomic E-state index is 13.7. The lowest BCUT2D eigenvalue weighted by Gasteiger charge is -2.15. The molecule has 0 aliphatic carbocycles. The number of hydrogen-bond donors (Lipinski definition) is 0. The van der Waals surface area contributed by atoms with Crippen LogP contribution < -0.4 is 19.8 Å². The molecular weight excluding hydrogens is 605 g/mol. The summed E-state index contributed by atoms with van der Waals surface area (Å²) in [7, 11) is 3.14. The number of aromatic nitrogens is 2. The van der Waals surface area contributed by atoms with Crippen LogP contribution in [-0.4, -0.2) is 45.3 Å². The molecule has 1 amide bonds. The van der Waals surface area contributed by atoms with E-state index in [1.54, 1.807) is 38.6 Å². The Morgan fingerprint density at radius 3 is 2.51 bits per heavy atom. The average Bonchev–Trinajstić information content (AvgIpc) is 3.22. The van der Waals surface area contributed by atoms with Crippen LogP contribution in [0.3, 0.4) is 0 Å². The predicted octanol–water partition coefficient (Wildman–Crippen LogP) is 6.56. The SMILES string of the molecule is COc1ccc(CCN2C(=O)/C(=C\c3c(Oc4ccc(Cl)cc4Cl)nc4c(C)cccn4c3=O)SC2=S)cc1OC. The standard InChI is InChI=1S/C29H23Cl2N3O5S2/c1-16-5-4-11-33-25(16)32-26(39-21-9-7-18(30)14-20(21)31)19(27(33)35)15-24-28(36)34(29(40)41-24)12-10-17-6-8-22(37-2)23(13-17)38-3/h4-9,11,13-15H,10,12H2,1-3H3/b24-15+. The van der Waals surface area contributed by atoms with E-state index in [2.05, 4.69) is 4.98 Å². The van der Waals surface area contributed by atoms with E-state index in [1.807, 2.05) is 31.2 Å². The number of benzene rings is 2. The molecule has 1 aliphatic rings. The van der Waals surface area contributed by atoms with Crippen LogP contribution in [0.2, 0.25) is 10.0 Å². The number of carbonyl (C=O) groups excluding carboxylic acids is 1. The third-order valence-corrected chi connectivity index (χ3v) is 8.28. The van der Waals surface area contributed by atoms with E-state index in [1.165, 1.54) is 21.4 Å². The monoisotopic (exact) mass is 627 g/mol. The zero-order chi connectivity index (χ0) is 29.3. The van der Waals surface area contributed by atoms with Crippen molar-refractivity contribution in [2.24, 2.45) is 0 Å². The lowest BCUT2D eigenvalue weighted by atomic mass is 10.1. The van der Waals surface area contributed by atoms with Crippen molar-refractivity contribution in [1.29, 1.82) is 0 Å². The van der Waals surface area contributed by atoms with Crippen LogP contribution in [0.25, 0.3) is 11.7 Å². The number of halogens is 2. The lowest BCUT2D eigenvalue weighted by molar-refractivity contribution is -0.122. The van der Waals surface area contributed by atoms with Crippen LogP contribution in [0.15, 0.2) is 64.4 Å². The van der Waals surface area contributed by atoms with Crippen LogP contribution in [0.1, 0.15) is 16.7 Å². The molecule has 1 fully saturated rings. The normalized spacial score (nSPS) is 14.3. The summed E-state index contributed by atoms with van der Waals surface area (Å²) < 4.78 is 18.5. The molecule has 0 bridgehead atoms. The van der Waals surface area contributed by atoms with E-state index in [-0.39, 0.29) is 33.0 Å². The zero-order valence-electron chi connectivity index (χ0n) is 22.1. The van der Waals surface area contributed by atoms with Crippen LogP contribution >= 0.6 is 47.2 Å². The van der Waals surface area contributed by atoms with Gasteiger partial charge in [0.2, 0.25) is 5.88 Å². The van der Waals surface area contributed by atoms with Crippen molar-refractivity contribution in [3.63, 3.8) is 0 Å². The largest absolute Gasteiger partial charge is 0.493 e. The van der Waals surface area contributed by atoms with Gasteiger partial charge in [-0.3, -0.25) is 18.9 Å². The van der Waals surface area contributed by atoms with Crippen molar-refractivity contribution in [2.45, 2.75) is 13.3 Å². The van der Waals surface area contributed by atoms with Crippen molar-refractivity contribution in [3.8, 4) is 23.1 Å². The van der Waals surface area contributed by atoms with E-state index in [0.29, 0.717) is 39.5 Å². The molecular formula is C29H23Cl2N3O5S2. The summed E-state index contributed by atoms with van der Waals surface area (Å²) in [5, 5.41) is 0.679. The van der Waals surface area contributed by atoms with E-state index >= 15 is 0 Å². The molecule has 41 heavy (non-hydrogen) atoms. The van der Waals surface area contributed by atoms with Crippen molar-refractivity contribution in [1.82, 2.24) is 14.3 Å². The highest BCUT2D eigenvalue weighted by atomic mass is 35.5. The molecule has 4 aromatic rings. The van der Waals surface area contributed by atoms with Crippen molar-refractivity contribution in [2.75, 3.05) is 20.8 Å². The highest BCUT2D eigenvalue weighted by molar-refractivity contribution is 8.26. The lowest BCUT2D eigenvalue weighted by Crippen LogP contribution is -2.30. The molecule has 0 saturated carbocycles. The highest BCUT2D eigenvalue weighted by Gasteiger charge is 2.32. The molecule has 0 atom stereocenters. The highest BCUT2D eigenvalue weighted by Crippen LogP contribution is 2.36. The number of carbonyl (C=O) groups is 1. The van der Waals surface area contributed by atoms with Gasteiger partial charge in [0.1, 0.15) is 21.3 Å². The third-order valence-electron chi connectivity index (χ3n) is 6.37. The fourth-order valence-corrected chi connectivity index (χ4v) is 5.99. The first kappa shape index (κ1) is 28.9. The summed E-state index contributed by atoms with van der Waals surface area (Å²) in [4.78, 5) is 33.5. The number of thioether (sulfide) groups is 1. The van der Waals surface area contributed by atoms with Gasteiger partial charge < -0.3 is 14.2 Å². The maximum Gasteiger partial charge on any atom is 0.269 e. The van der Waals surface area contributed by atoms with Gasteiger partial charge in [-0.05, 0) is 66.9 Å². The molecule has 8 nitrogen and oxygen atoms in total. The fraction of sp³-hybridized carbons (Fsp3) is 0.172. The van der Waals surface area contributed by atoms with E-state index < -0.39 is 5.56 Å². The second-order valence-corrected chi connectivity index (χ2v) is 11.5. The van der Waals surface area contributed by atoms with Gasteiger partial charge in [0.05, 0.1) is 24.1 Å². The van der Waals surface area contributed by atoms with Gasteiger partial charge in [0, 0.05) is 17.8 Å². The second-order valence-electron chi connectivity index (χ2n) is 8.97. The Kier molecular flexibility index (Phi) is 8.55. The Bertz CT molecular complexity index is 1790. The first-order valence-corrected chi connectivity index (χ1v) is 14.3. The molecule has 0 unspecified atom stereocenters. The number of amides is 1. The number of thiocarbonyl (C=S) groups is 1. The minimum atomic E-state index is -0.408. The summed E-state index contributed by atoms with van der Waals surface area (Å²) in [6.07, 6.45) is 3.62. The predicted molar refractivity (Wildman–Crippen MR) is 166 cm³/mol. The number of methoxy groups -OCH3 is 2. The molecule has 210 valence electrons. The third kappa shape index (κ3) is 5.92. The summed E-state index contributed by atoms with van der Waals surface area (Å²) in [6, 6.07) is 13.9. The quantitative estimate of drug-likeness (QED) is 0.160. The van der Waals surface area contributed by atoms with Gasteiger partial charge in [0.25, 0.3) is 11.5 Å². The van der Waals surface area contributed by atoms with Gasteiger partial charge in [-0.25, -0.2) is 0 Å². The molecule has 0 spiro atoms. The molecule has 3 heterocycles. The Hall–Kier alpha value is -3.57.